The minimum atomic E-state index is -3.45. The van der Waals surface area contributed by atoms with E-state index in [1.54, 1.807) is 0 Å². The lowest BCUT2D eigenvalue weighted by Crippen LogP contribution is -2.25. The second-order valence-electron chi connectivity index (χ2n) is 3.85. The summed E-state index contributed by atoms with van der Waals surface area (Å²) in [6, 6.07) is 7.70. The van der Waals surface area contributed by atoms with Crippen molar-refractivity contribution < 1.29 is 18.3 Å². The van der Waals surface area contributed by atoms with Gasteiger partial charge in [-0.3, -0.25) is 4.79 Å². The van der Waals surface area contributed by atoms with Crippen LogP contribution in [0.5, 0.6) is 0 Å². The van der Waals surface area contributed by atoms with Gasteiger partial charge in [-0.05, 0) is 18.2 Å². The predicted molar refractivity (Wildman–Crippen MR) is 68.3 cm³/mol. The van der Waals surface area contributed by atoms with E-state index in [-0.39, 0.29) is 30.2 Å². The Balaban J connectivity index is 2.56. The zero-order valence-corrected chi connectivity index (χ0v) is 11.0. The lowest BCUT2D eigenvalue weighted by atomic mass is 10.2. The number of nitrogens with zero attached hydrogens (tertiary/aromatic N) is 1. The molecule has 0 heterocycles. The van der Waals surface area contributed by atoms with Crippen LogP contribution in [0.15, 0.2) is 29.2 Å². The van der Waals surface area contributed by atoms with E-state index >= 15 is 0 Å². The molecule has 0 aliphatic carbocycles. The summed E-state index contributed by atoms with van der Waals surface area (Å²) in [4.78, 5) is 10.4. The Labute approximate surface area is 111 Å². The van der Waals surface area contributed by atoms with Crippen molar-refractivity contribution in [1.29, 1.82) is 5.26 Å². The number of hydrogen-bond donors (Lipinski definition) is 2. The molecule has 102 valence electrons. The van der Waals surface area contributed by atoms with E-state index in [4.69, 9.17) is 10.4 Å². The summed E-state index contributed by atoms with van der Waals surface area (Å²) >= 11 is 0. The van der Waals surface area contributed by atoms with E-state index in [1.807, 2.05) is 6.07 Å². The van der Waals surface area contributed by atoms with Crippen LogP contribution in [0.1, 0.15) is 12.0 Å². The minimum absolute atomic E-state index is 0.0516. The van der Waals surface area contributed by atoms with Crippen LogP contribution >= 0.6 is 0 Å². The van der Waals surface area contributed by atoms with E-state index in [2.05, 4.69) is 5.32 Å². The SMILES string of the molecule is N#Cc1cccc(S(=O)(=O)CCNCCC(=O)O)c1. The predicted octanol–water partition coefficient (Wildman–Crippen LogP) is 0.396. The first-order valence-electron chi connectivity index (χ1n) is 5.61. The van der Waals surface area contributed by atoms with Gasteiger partial charge in [0.2, 0.25) is 0 Å². The molecule has 0 saturated heterocycles. The van der Waals surface area contributed by atoms with Crippen LogP contribution in [0.4, 0.5) is 0 Å². The first-order chi connectivity index (χ1) is 8.95. The van der Waals surface area contributed by atoms with Gasteiger partial charge in [0.25, 0.3) is 0 Å². The number of nitriles is 1. The highest BCUT2D eigenvalue weighted by atomic mass is 32.2. The molecular weight excluding hydrogens is 268 g/mol. The van der Waals surface area contributed by atoms with Gasteiger partial charge in [0.15, 0.2) is 9.84 Å². The normalized spacial score (nSPS) is 10.9. The molecule has 2 N–H and O–H groups in total. The summed E-state index contributed by atoms with van der Waals surface area (Å²) in [6.07, 6.45) is -0.0516. The van der Waals surface area contributed by atoms with Gasteiger partial charge in [-0.15, -0.1) is 0 Å². The average Bonchev–Trinajstić information content (AvgIpc) is 2.38. The van der Waals surface area contributed by atoms with Gasteiger partial charge in [-0.2, -0.15) is 5.26 Å². The minimum Gasteiger partial charge on any atom is -0.481 e. The number of hydrogen-bond acceptors (Lipinski definition) is 5. The topological polar surface area (TPSA) is 107 Å². The lowest BCUT2D eigenvalue weighted by Gasteiger charge is -2.05. The van der Waals surface area contributed by atoms with Gasteiger partial charge in [0, 0.05) is 13.1 Å². The molecule has 1 rings (SSSR count). The van der Waals surface area contributed by atoms with Gasteiger partial charge < -0.3 is 10.4 Å². The highest BCUT2D eigenvalue weighted by Gasteiger charge is 2.14. The Kier molecular flexibility index (Phi) is 5.48. The maximum atomic E-state index is 11.9. The number of sulfone groups is 1. The fraction of sp³-hybridized carbons (Fsp3) is 0.333. The number of benzene rings is 1. The average molecular weight is 282 g/mol. The van der Waals surface area contributed by atoms with Crippen LogP contribution in [-0.4, -0.2) is 38.3 Å². The Bertz CT molecular complexity index is 590. The molecule has 0 saturated carbocycles. The number of carboxylic acids is 1. The smallest absolute Gasteiger partial charge is 0.304 e. The van der Waals surface area contributed by atoms with Crippen LogP contribution in [-0.2, 0) is 14.6 Å². The quantitative estimate of drug-likeness (QED) is 0.701. The third kappa shape index (κ3) is 5.07. The van der Waals surface area contributed by atoms with Crippen molar-refractivity contribution >= 4 is 15.8 Å². The van der Waals surface area contributed by atoms with Crippen molar-refractivity contribution in [2.75, 3.05) is 18.8 Å². The van der Waals surface area contributed by atoms with Crippen molar-refractivity contribution in [2.45, 2.75) is 11.3 Å². The summed E-state index contributed by atoms with van der Waals surface area (Å²) in [5, 5.41) is 19.9. The summed E-state index contributed by atoms with van der Waals surface area (Å²) in [6.45, 7) is 0.398. The first-order valence-corrected chi connectivity index (χ1v) is 7.26. The van der Waals surface area contributed by atoms with E-state index < -0.39 is 15.8 Å². The van der Waals surface area contributed by atoms with E-state index in [1.165, 1.54) is 24.3 Å². The Morgan fingerprint density at radius 2 is 2.11 bits per heavy atom. The first kappa shape index (κ1) is 15.1. The number of carbonyl (C=O) groups is 1. The standard InChI is InChI=1S/C12H14N2O4S/c13-9-10-2-1-3-11(8-10)19(17,18)7-6-14-5-4-12(15)16/h1-3,8,14H,4-7H2,(H,15,16). The summed E-state index contributed by atoms with van der Waals surface area (Å²) in [5.74, 6) is -1.07. The molecule has 0 aromatic heterocycles. The van der Waals surface area contributed by atoms with Crippen molar-refractivity contribution in [2.24, 2.45) is 0 Å². The second kappa shape index (κ2) is 6.87. The third-order valence-electron chi connectivity index (χ3n) is 2.39. The van der Waals surface area contributed by atoms with Crippen LogP contribution in [0.25, 0.3) is 0 Å². The molecule has 7 heteroatoms. The summed E-state index contributed by atoms with van der Waals surface area (Å²) in [5.41, 5.74) is 0.292. The largest absolute Gasteiger partial charge is 0.481 e. The maximum absolute atomic E-state index is 11.9. The molecule has 19 heavy (non-hydrogen) atoms. The molecule has 0 spiro atoms. The molecule has 1 aromatic carbocycles. The molecule has 6 nitrogen and oxygen atoms in total. The van der Waals surface area contributed by atoms with Gasteiger partial charge in [0.1, 0.15) is 0 Å². The van der Waals surface area contributed by atoms with Gasteiger partial charge in [0.05, 0.1) is 28.7 Å². The van der Waals surface area contributed by atoms with E-state index in [0.717, 1.165) is 0 Å². The van der Waals surface area contributed by atoms with Crippen molar-refractivity contribution in [1.82, 2.24) is 5.32 Å². The van der Waals surface area contributed by atoms with Gasteiger partial charge >= 0.3 is 5.97 Å². The highest BCUT2D eigenvalue weighted by Crippen LogP contribution is 2.12. The summed E-state index contributed by atoms with van der Waals surface area (Å²) < 4.78 is 23.9. The fourth-order valence-corrected chi connectivity index (χ4v) is 2.65. The molecule has 0 radical (unpaired) electrons. The zero-order chi connectivity index (χ0) is 14.3. The molecule has 0 fully saturated rings. The highest BCUT2D eigenvalue weighted by molar-refractivity contribution is 7.91. The molecule has 0 aliphatic heterocycles. The van der Waals surface area contributed by atoms with Crippen LogP contribution in [0.3, 0.4) is 0 Å². The number of nitrogens with one attached hydrogen (secondary N) is 1. The van der Waals surface area contributed by atoms with Crippen LogP contribution in [0.2, 0.25) is 0 Å². The molecule has 0 aliphatic rings. The number of carboxylic acid groups (broad SMARTS) is 1. The Morgan fingerprint density at radius 3 is 2.74 bits per heavy atom. The monoisotopic (exact) mass is 282 g/mol. The Morgan fingerprint density at radius 1 is 1.37 bits per heavy atom. The van der Waals surface area contributed by atoms with Crippen molar-refractivity contribution in [3.05, 3.63) is 29.8 Å². The molecular formula is C12H14N2O4S. The van der Waals surface area contributed by atoms with E-state index in [9.17, 15) is 13.2 Å². The molecule has 0 amide bonds. The van der Waals surface area contributed by atoms with Crippen LogP contribution in [0, 0.1) is 11.3 Å². The van der Waals surface area contributed by atoms with Crippen LogP contribution < -0.4 is 5.32 Å². The van der Waals surface area contributed by atoms with Crippen molar-refractivity contribution in [3.8, 4) is 6.07 Å². The van der Waals surface area contributed by atoms with Gasteiger partial charge in [-0.25, -0.2) is 8.42 Å². The molecule has 0 atom stereocenters. The fourth-order valence-electron chi connectivity index (χ4n) is 1.40. The maximum Gasteiger partial charge on any atom is 0.304 e. The Hall–Kier alpha value is -1.91. The van der Waals surface area contributed by atoms with Crippen molar-refractivity contribution in [3.63, 3.8) is 0 Å². The van der Waals surface area contributed by atoms with Gasteiger partial charge in [-0.1, -0.05) is 6.07 Å². The number of aliphatic carboxylic acids is 1. The van der Waals surface area contributed by atoms with E-state index in [0.29, 0.717) is 5.56 Å². The molecule has 0 unspecified atom stereocenters. The third-order valence-corrected chi connectivity index (χ3v) is 4.10. The molecule has 0 bridgehead atoms. The second-order valence-corrected chi connectivity index (χ2v) is 5.96. The zero-order valence-electron chi connectivity index (χ0n) is 10.2. The summed E-state index contributed by atoms with van der Waals surface area (Å²) in [7, 11) is -3.45. The molecule has 1 aromatic rings. The lowest BCUT2D eigenvalue weighted by molar-refractivity contribution is -0.136. The number of rotatable bonds is 7.